The van der Waals surface area contributed by atoms with Gasteiger partial charge in [0.25, 0.3) is 0 Å². The van der Waals surface area contributed by atoms with Crippen LogP contribution in [-0.2, 0) is 10.0 Å². The first kappa shape index (κ1) is 14.2. The quantitative estimate of drug-likeness (QED) is 0.807. The van der Waals surface area contributed by atoms with E-state index in [0.29, 0.717) is 11.7 Å². The molecule has 1 fully saturated rings. The molecule has 102 valence electrons. The zero-order valence-corrected chi connectivity index (χ0v) is 12.9. The third kappa shape index (κ3) is 4.47. The van der Waals surface area contributed by atoms with Gasteiger partial charge in [0.15, 0.2) is 5.13 Å². The Morgan fingerprint density at radius 1 is 1.50 bits per heavy atom. The first-order valence-electron chi connectivity index (χ1n) is 5.60. The molecule has 0 aliphatic carbocycles. The normalized spacial score (nSPS) is 17.8. The largest absolute Gasteiger partial charge is 0.314 e. The van der Waals surface area contributed by atoms with E-state index in [1.165, 1.54) is 11.3 Å². The average Bonchev–Trinajstić information content (AvgIpc) is 2.73. The van der Waals surface area contributed by atoms with Gasteiger partial charge in [0.2, 0.25) is 10.0 Å². The maximum absolute atomic E-state index is 11.8. The van der Waals surface area contributed by atoms with Crippen molar-refractivity contribution in [2.24, 2.45) is 0 Å². The minimum atomic E-state index is -3.31. The summed E-state index contributed by atoms with van der Waals surface area (Å²) in [6.45, 7) is 4.21. The molecule has 18 heavy (non-hydrogen) atoms. The number of aromatic nitrogens is 1. The molecule has 0 amide bonds. The Morgan fingerprint density at radius 3 is 2.83 bits per heavy atom. The molecule has 0 unspecified atom stereocenters. The fourth-order valence-electron chi connectivity index (χ4n) is 1.67. The summed E-state index contributed by atoms with van der Waals surface area (Å²) in [6, 6.07) is 0. The van der Waals surface area contributed by atoms with Crippen molar-refractivity contribution in [2.45, 2.75) is 0 Å². The highest BCUT2D eigenvalue weighted by molar-refractivity contribution is 9.11. The van der Waals surface area contributed by atoms with Crippen molar-refractivity contribution in [1.82, 2.24) is 15.2 Å². The van der Waals surface area contributed by atoms with Crippen molar-refractivity contribution in [3.63, 3.8) is 0 Å². The van der Waals surface area contributed by atoms with E-state index in [1.54, 1.807) is 6.20 Å². The van der Waals surface area contributed by atoms with Crippen LogP contribution < -0.4 is 10.0 Å². The topological polar surface area (TPSA) is 74.3 Å². The van der Waals surface area contributed by atoms with Crippen molar-refractivity contribution in [3.8, 4) is 0 Å². The average molecular weight is 355 g/mol. The van der Waals surface area contributed by atoms with Crippen LogP contribution in [0.4, 0.5) is 5.13 Å². The fraction of sp³-hybridized carbons (Fsp3) is 0.667. The first-order chi connectivity index (χ1) is 8.55. The second-order valence-electron chi connectivity index (χ2n) is 3.98. The summed E-state index contributed by atoms with van der Waals surface area (Å²) in [5.74, 6) is 0.101. The Hall–Kier alpha value is -0.220. The maximum Gasteiger partial charge on any atom is 0.235 e. The van der Waals surface area contributed by atoms with E-state index in [4.69, 9.17) is 0 Å². The summed E-state index contributed by atoms with van der Waals surface area (Å²) >= 11 is 4.51. The summed E-state index contributed by atoms with van der Waals surface area (Å²) < 4.78 is 27.0. The predicted molar refractivity (Wildman–Crippen MR) is 76.5 cm³/mol. The highest BCUT2D eigenvalue weighted by atomic mass is 79.9. The summed E-state index contributed by atoms with van der Waals surface area (Å²) in [7, 11) is -3.31. The number of sulfonamides is 1. The van der Waals surface area contributed by atoms with Gasteiger partial charge in [-0.2, -0.15) is 0 Å². The number of nitrogens with zero attached hydrogens (tertiary/aromatic N) is 2. The molecule has 1 aromatic rings. The molecule has 2 heterocycles. The van der Waals surface area contributed by atoms with Crippen molar-refractivity contribution < 1.29 is 8.42 Å². The molecule has 0 aromatic carbocycles. The summed E-state index contributed by atoms with van der Waals surface area (Å²) in [6.07, 6.45) is 1.58. The molecule has 0 saturated carbocycles. The van der Waals surface area contributed by atoms with E-state index in [2.05, 4.69) is 35.9 Å². The molecule has 2 rings (SSSR count). The number of hydrogen-bond acceptors (Lipinski definition) is 6. The standard InChI is InChI=1S/C9H15BrN4O2S2/c10-8-7-12-9(17-8)13-18(15,16)6-5-14-3-1-11-2-4-14/h7,11H,1-6H2,(H,12,13). The zero-order chi connectivity index (χ0) is 13.0. The van der Waals surface area contributed by atoms with Gasteiger partial charge in [-0.25, -0.2) is 13.4 Å². The smallest absolute Gasteiger partial charge is 0.235 e. The Balaban J connectivity index is 1.83. The van der Waals surface area contributed by atoms with Crippen molar-refractivity contribution in [1.29, 1.82) is 0 Å². The molecule has 2 N–H and O–H groups in total. The van der Waals surface area contributed by atoms with Gasteiger partial charge in [-0.15, -0.1) is 0 Å². The Labute approximate surface area is 119 Å². The number of anilines is 1. The number of rotatable bonds is 5. The van der Waals surface area contributed by atoms with Crippen molar-refractivity contribution in [3.05, 3.63) is 9.98 Å². The Bertz CT molecular complexity index is 485. The minimum absolute atomic E-state index is 0.101. The van der Waals surface area contributed by atoms with Crippen LogP contribution in [0.2, 0.25) is 0 Å². The van der Waals surface area contributed by atoms with Crippen LogP contribution in [0.3, 0.4) is 0 Å². The van der Waals surface area contributed by atoms with Gasteiger partial charge in [0.05, 0.1) is 15.7 Å². The lowest BCUT2D eigenvalue weighted by molar-refractivity contribution is 0.254. The molecule has 9 heteroatoms. The van der Waals surface area contributed by atoms with E-state index in [9.17, 15) is 8.42 Å². The monoisotopic (exact) mass is 354 g/mol. The lowest BCUT2D eigenvalue weighted by Gasteiger charge is -2.26. The highest BCUT2D eigenvalue weighted by Gasteiger charge is 2.16. The van der Waals surface area contributed by atoms with Gasteiger partial charge in [0, 0.05) is 32.7 Å². The van der Waals surface area contributed by atoms with E-state index >= 15 is 0 Å². The van der Waals surface area contributed by atoms with Gasteiger partial charge < -0.3 is 5.32 Å². The van der Waals surface area contributed by atoms with Crippen LogP contribution in [0.25, 0.3) is 0 Å². The van der Waals surface area contributed by atoms with E-state index < -0.39 is 10.0 Å². The van der Waals surface area contributed by atoms with Crippen molar-refractivity contribution >= 4 is 42.4 Å². The second kappa shape index (κ2) is 6.29. The molecule has 0 bridgehead atoms. The molecular formula is C9H15BrN4O2S2. The molecule has 0 radical (unpaired) electrons. The molecule has 1 aromatic heterocycles. The summed E-state index contributed by atoms with van der Waals surface area (Å²) in [5, 5.41) is 3.64. The number of thiazole rings is 1. The lowest BCUT2D eigenvalue weighted by Crippen LogP contribution is -2.45. The number of piperazine rings is 1. The minimum Gasteiger partial charge on any atom is -0.314 e. The Morgan fingerprint density at radius 2 is 2.22 bits per heavy atom. The molecule has 1 saturated heterocycles. The van der Waals surface area contributed by atoms with Crippen LogP contribution in [0.1, 0.15) is 0 Å². The fourth-order valence-corrected chi connectivity index (χ4v) is 4.09. The molecule has 6 nitrogen and oxygen atoms in total. The van der Waals surface area contributed by atoms with Gasteiger partial charge >= 0.3 is 0 Å². The summed E-state index contributed by atoms with van der Waals surface area (Å²) in [4.78, 5) is 6.10. The SMILES string of the molecule is O=S(=O)(CCN1CCNCC1)Nc1ncc(Br)s1. The van der Waals surface area contributed by atoms with E-state index in [0.717, 1.165) is 30.0 Å². The highest BCUT2D eigenvalue weighted by Crippen LogP contribution is 2.23. The van der Waals surface area contributed by atoms with Crippen LogP contribution in [0.5, 0.6) is 0 Å². The summed E-state index contributed by atoms with van der Waals surface area (Å²) in [5.41, 5.74) is 0. The van der Waals surface area contributed by atoms with Gasteiger partial charge in [0.1, 0.15) is 0 Å². The van der Waals surface area contributed by atoms with Crippen LogP contribution in [-0.4, -0.2) is 56.8 Å². The van der Waals surface area contributed by atoms with Crippen LogP contribution >= 0.6 is 27.3 Å². The lowest BCUT2D eigenvalue weighted by atomic mass is 10.4. The number of nitrogens with one attached hydrogen (secondary N) is 2. The van der Waals surface area contributed by atoms with Crippen LogP contribution in [0, 0.1) is 0 Å². The third-order valence-electron chi connectivity index (χ3n) is 2.61. The zero-order valence-electron chi connectivity index (χ0n) is 9.73. The number of halogens is 1. The molecule has 1 aliphatic rings. The molecule has 0 spiro atoms. The molecule has 1 aliphatic heterocycles. The third-order valence-corrected chi connectivity index (χ3v) is 5.35. The van der Waals surface area contributed by atoms with Gasteiger partial charge in [-0.1, -0.05) is 11.3 Å². The van der Waals surface area contributed by atoms with Crippen molar-refractivity contribution in [2.75, 3.05) is 43.2 Å². The first-order valence-corrected chi connectivity index (χ1v) is 8.86. The predicted octanol–water partition coefficient (Wildman–Crippen LogP) is 0.552. The molecule has 0 atom stereocenters. The number of hydrogen-bond donors (Lipinski definition) is 2. The van der Waals surface area contributed by atoms with Gasteiger partial charge in [-0.3, -0.25) is 9.62 Å². The van der Waals surface area contributed by atoms with Gasteiger partial charge in [-0.05, 0) is 15.9 Å². The van der Waals surface area contributed by atoms with Crippen LogP contribution in [0.15, 0.2) is 9.98 Å². The Kier molecular flexibility index (Phi) is 4.96. The maximum atomic E-state index is 11.8. The second-order valence-corrected chi connectivity index (χ2v) is 8.23. The van der Waals surface area contributed by atoms with E-state index in [1.807, 2.05) is 0 Å². The molecular weight excluding hydrogens is 340 g/mol. The van der Waals surface area contributed by atoms with E-state index in [-0.39, 0.29) is 5.75 Å².